The number of amides is 2. The molecular formula is C11H13NO2. The molecule has 0 aromatic carbocycles. The molecule has 3 nitrogen and oxygen atoms in total. The first-order chi connectivity index (χ1) is 6.69. The van der Waals surface area contributed by atoms with Crippen LogP contribution in [0.25, 0.3) is 0 Å². The minimum Gasteiger partial charge on any atom is -0.296 e. The van der Waals surface area contributed by atoms with Crippen molar-refractivity contribution >= 4 is 11.8 Å². The van der Waals surface area contributed by atoms with Crippen LogP contribution in [-0.2, 0) is 9.59 Å². The molecule has 0 bridgehead atoms. The molecule has 1 unspecified atom stereocenters. The van der Waals surface area contributed by atoms with Crippen LogP contribution in [0, 0.1) is 5.92 Å². The Hall–Kier alpha value is -1.64. The quantitative estimate of drug-likeness (QED) is 0.540. The third-order valence-corrected chi connectivity index (χ3v) is 2.04. The summed E-state index contributed by atoms with van der Waals surface area (Å²) in [5.41, 5.74) is 0.825. The number of rotatable bonds is 3. The Balaban J connectivity index is 2.89. The minimum absolute atomic E-state index is 0.209. The monoisotopic (exact) mass is 191 g/mol. The van der Waals surface area contributed by atoms with Gasteiger partial charge in [-0.15, -0.1) is 0 Å². The van der Waals surface area contributed by atoms with E-state index in [1.165, 1.54) is 0 Å². The molecule has 1 rings (SSSR count). The molecule has 1 fully saturated rings. The second-order valence-electron chi connectivity index (χ2n) is 3.07. The molecule has 0 saturated carbocycles. The lowest BCUT2D eigenvalue weighted by molar-refractivity contribution is -0.125. The Morgan fingerprint density at radius 1 is 1.57 bits per heavy atom. The maximum absolute atomic E-state index is 11.3. The van der Waals surface area contributed by atoms with Crippen molar-refractivity contribution in [2.45, 2.75) is 13.3 Å². The molecule has 1 saturated heterocycles. The van der Waals surface area contributed by atoms with E-state index in [-0.39, 0.29) is 24.2 Å². The third-order valence-electron chi connectivity index (χ3n) is 2.04. The molecule has 0 aliphatic carbocycles. The second-order valence-corrected chi connectivity index (χ2v) is 3.07. The maximum atomic E-state index is 11.3. The van der Waals surface area contributed by atoms with Crippen molar-refractivity contribution in [2.75, 3.05) is 0 Å². The van der Waals surface area contributed by atoms with Crippen molar-refractivity contribution in [3.63, 3.8) is 0 Å². The van der Waals surface area contributed by atoms with Crippen molar-refractivity contribution in [2.24, 2.45) is 5.92 Å². The highest BCUT2D eigenvalue weighted by atomic mass is 16.2. The fourth-order valence-corrected chi connectivity index (χ4v) is 1.44. The van der Waals surface area contributed by atoms with Crippen molar-refractivity contribution in [3.05, 3.63) is 36.5 Å². The number of nitrogens with one attached hydrogen (secondary N) is 1. The van der Waals surface area contributed by atoms with E-state index in [1.807, 2.05) is 19.1 Å². The second kappa shape index (κ2) is 4.56. The van der Waals surface area contributed by atoms with Gasteiger partial charge in [0.15, 0.2) is 0 Å². The van der Waals surface area contributed by atoms with Crippen LogP contribution in [0.5, 0.6) is 0 Å². The van der Waals surface area contributed by atoms with E-state index in [4.69, 9.17) is 0 Å². The van der Waals surface area contributed by atoms with E-state index in [0.29, 0.717) is 0 Å². The number of hydrogen-bond acceptors (Lipinski definition) is 2. The molecule has 0 radical (unpaired) electrons. The molecule has 0 aromatic rings. The lowest BCUT2D eigenvalue weighted by Gasteiger charge is -2.05. The largest absolute Gasteiger partial charge is 0.296 e. The van der Waals surface area contributed by atoms with Gasteiger partial charge in [0, 0.05) is 6.42 Å². The predicted molar refractivity (Wildman–Crippen MR) is 54.4 cm³/mol. The fourth-order valence-electron chi connectivity index (χ4n) is 1.44. The Morgan fingerprint density at radius 3 is 2.71 bits per heavy atom. The van der Waals surface area contributed by atoms with Gasteiger partial charge in [0.25, 0.3) is 0 Å². The van der Waals surface area contributed by atoms with Crippen molar-refractivity contribution in [1.29, 1.82) is 0 Å². The molecule has 1 heterocycles. The molecule has 0 aromatic heterocycles. The Morgan fingerprint density at radius 2 is 2.29 bits per heavy atom. The summed E-state index contributed by atoms with van der Waals surface area (Å²) in [6, 6.07) is 0. The van der Waals surface area contributed by atoms with Crippen LogP contribution >= 0.6 is 0 Å². The fraction of sp³-hybridized carbons (Fsp3) is 0.273. The standard InChI is InChI=1S/C11H13NO2/c1-3-5-8(6-4-2)9-7-10(13)12-11(9)14/h3-6,9H,1,7H2,2H3,(H,12,13,14)/b6-4-,8-5+. The van der Waals surface area contributed by atoms with E-state index in [2.05, 4.69) is 11.9 Å². The van der Waals surface area contributed by atoms with E-state index in [1.54, 1.807) is 12.2 Å². The van der Waals surface area contributed by atoms with Gasteiger partial charge in [-0.3, -0.25) is 14.9 Å². The van der Waals surface area contributed by atoms with Gasteiger partial charge < -0.3 is 0 Å². The zero-order chi connectivity index (χ0) is 10.6. The lowest BCUT2D eigenvalue weighted by atomic mass is 9.96. The molecule has 1 aliphatic heterocycles. The number of carbonyl (C=O) groups is 2. The third kappa shape index (κ3) is 2.19. The van der Waals surface area contributed by atoms with Gasteiger partial charge in [0.2, 0.25) is 11.8 Å². The average Bonchev–Trinajstić information content (AvgIpc) is 2.45. The zero-order valence-corrected chi connectivity index (χ0v) is 8.12. The number of hydrogen-bond donors (Lipinski definition) is 1. The molecule has 3 heteroatoms. The van der Waals surface area contributed by atoms with Gasteiger partial charge in [0.1, 0.15) is 0 Å². The van der Waals surface area contributed by atoms with Gasteiger partial charge in [-0.25, -0.2) is 0 Å². The zero-order valence-electron chi connectivity index (χ0n) is 8.12. The summed E-state index contributed by atoms with van der Waals surface area (Å²) in [7, 11) is 0. The Bertz CT molecular complexity index is 326. The van der Waals surface area contributed by atoms with Crippen LogP contribution in [-0.4, -0.2) is 11.8 Å². The Kier molecular flexibility index (Phi) is 3.40. The summed E-state index contributed by atoms with van der Waals surface area (Å²) in [5.74, 6) is -0.780. The molecule has 1 aliphatic rings. The van der Waals surface area contributed by atoms with Crippen molar-refractivity contribution < 1.29 is 9.59 Å². The molecule has 1 atom stereocenters. The summed E-state index contributed by atoms with van der Waals surface area (Å²) in [5, 5.41) is 2.28. The first-order valence-corrected chi connectivity index (χ1v) is 4.48. The smallest absolute Gasteiger partial charge is 0.234 e. The summed E-state index contributed by atoms with van der Waals surface area (Å²) in [6.07, 6.45) is 7.27. The van der Waals surface area contributed by atoms with Crippen LogP contribution < -0.4 is 5.32 Å². The molecule has 2 amide bonds. The SMILES string of the molecule is C=C/C=C(\C=C/C)C1CC(=O)NC1=O. The lowest BCUT2D eigenvalue weighted by Crippen LogP contribution is -2.22. The summed E-state index contributed by atoms with van der Waals surface area (Å²) < 4.78 is 0. The van der Waals surface area contributed by atoms with Gasteiger partial charge in [0.05, 0.1) is 5.92 Å². The summed E-state index contributed by atoms with van der Waals surface area (Å²) >= 11 is 0. The first-order valence-electron chi connectivity index (χ1n) is 4.48. The highest BCUT2D eigenvalue weighted by Gasteiger charge is 2.31. The molecule has 74 valence electrons. The van der Waals surface area contributed by atoms with Crippen LogP contribution in [0.1, 0.15) is 13.3 Å². The topological polar surface area (TPSA) is 46.2 Å². The van der Waals surface area contributed by atoms with Crippen molar-refractivity contribution in [1.82, 2.24) is 5.32 Å². The van der Waals surface area contributed by atoms with E-state index in [9.17, 15) is 9.59 Å². The van der Waals surface area contributed by atoms with Crippen LogP contribution in [0.4, 0.5) is 0 Å². The van der Waals surface area contributed by atoms with Crippen molar-refractivity contribution in [3.8, 4) is 0 Å². The van der Waals surface area contributed by atoms with Gasteiger partial charge in [-0.05, 0) is 12.5 Å². The van der Waals surface area contributed by atoms with Gasteiger partial charge in [-0.2, -0.15) is 0 Å². The van der Waals surface area contributed by atoms with Gasteiger partial charge in [-0.1, -0.05) is 30.9 Å². The molecular weight excluding hydrogens is 178 g/mol. The van der Waals surface area contributed by atoms with Crippen LogP contribution in [0.2, 0.25) is 0 Å². The first kappa shape index (κ1) is 10.4. The average molecular weight is 191 g/mol. The molecule has 1 N–H and O–H groups in total. The maximum Gasteiger partial charge on any atom is 0.234 e. The highest BCUT2D eigenvalue weighted by molar-refractivity contribution is 6.05. The van der Waals surface area contributed by atoms with Crippen LogP contribution in [0.15, 0.2) is 36.5 Å². The summed E-state index contributed by atoms with van der Waals surface area (Å²) in [4.78, 5) is 22.3. The minimum atomic E-state index is -0.350. The van der Waals surface area contributed by atoms with E-state index in [0.717, 1.165) is 5.57 Å². The Labute approximate surface area is 83.2 Å². The molecule has 14 heavy (non-hydrogen) atoms. The van der Waals surface area contributed by atoms with Crippen LogP contribution in [0.3, 0.4) is 0 Å². The van der Waals surface area contributed by atoms with E-state index >= 15 is 0 Å². The number of allylic oxidation sites excluding steroid dienone is 4. The predicted octanol–water partition coefficient (Wildman–Crippen LogP) is 1.34. The summed E-state index contributed by atoms with van der Waals surface area (Å²) in [6.45, 7) is 5.44. The number of carbonyl (C=O) groups excluding carboxylic acids is 2. The molecule has 0 spiro atoms. The number of imide groups is 1. The highest BCUT2D eigenvalue weighted by Crippen LogP contribution is 2.21. The van der Waals surface area contributed by atoms with E-state index < -0.39 is 0 Å². The normalized spacial score (nSPS) is 22.9. The van der Waals surface area contributed by atoms with Gasteiger partial charge >= 0.3 is 0 Å².